The second-order valence-electron chi connectivity index (χ2n) is 6.35. The Hall–Kier alpha value is -1.60. The van der Waals surface area contributed by atoms with Crippen LogP contribution in [0, 0.1) is 5.92 Å². The van der Waals surface area contributed by atoms with E-state index in [1.165, 1.54) is 0 Å². The van der Waals surface area contributed by atoms with Gasteiger partial charge in [-0.15, -0.1) is 12.4 Å². The minimum absolute atomic E-state index is 0. The normalized spacial score (nSPS) is 22.5. The maximum absolute atomic E-state index is 12.4. The number of benzene rings is 1. The summed E-state index contributed by atoms with van der Waals surface area (Å²) in [7, 11) is 1.64. The first-order valence-electron chi connectivity index (χ1n) is 8.34. The number of halogens is 2. The van der Waals surface area contributed by atoms with Gasteiger partial charge in [-0.2, -0.15) is 0 Å². The van der Waals surface area contributed by atoms with Crippen molar-refractivity contribution in [3.63, 3.8) is 0 Å². The van der Waals surface area contributed by atoms with Crippen molar-refractivity contribution in [3.8, 4) is 11.3 Å². The van der Waals surface area contributed by atoms with E-state index in [1.54, 1.807) is 19.2 Å². The fraction of sp³-hybridized carbons (Fsp3) is 0.444. The summed E-state index contributed by atoms with van der Waals surface area (Å²) in [5.74, 6) is 0.524. The molecule has 0 bridgehead atoms. The lowest BCUT2D eigenvalue weighted by molar-refractivity contribution is -0.128. The van der Waals surface area contributed by atoms with Crippen molar-refractivity contribution in [2.75, 3.05) is 7.11 Å². The van der Waals surface area contributed by atoms with E-state index in [9.17, 15) is 4.79 Å². The molecule has 3 rings (SSSR count). The Bertz CT molecular complexity index is 721. The molecule has 1 aliphatic carbocycles. The third-order valence-corrected chi connectivity index (χ3v) is 4.90. The summed E-state index contributed by atoms with van der Waals surface area (Å²) in [6.45, 7) is 0.305. The third kappa shape index (κ3) is 4.98. The van der Waals surface area contributed by atoms with Crippen LogP contribution in [0.3, 0.4) is 0 Å². The Morgan fingerprint density at radius 1 is 1.38 bits per heavy atom. The standard InChI is InChI=1S/C18H22ClN3O3.ClH/c1-24-17-8-12(4-7-15(17)20)18(23)21-10-14-9-16(22-25-14)11-2-5-13(19)6-3-11;/h2-3,5-6,9,12,15,17H,4,7-8,10,20H2,1H3,(H,21,23);1H/t12-,15-,17-;/m0./s1. The van der Waals surface area contributed by atoms with E-state index in [4.69, 9.17) is 26.6 Å². The van der Waals surface area contributed by atoms with Crippen LogP contribution in [0.2, 0.25) is 5.02 Å². The van der Waals surface area contributed by atoms with Crippen molar-refractivity contribution >= 4 is 29.9 Å². The number of hydrogen-bond acceptors (Lipinski definition) is 5. The first-order valence-corrected chi connectivity index (χ1v) is 8.72. The number of nitrogens with one attached hydrogen (secondary N) is 1. The van der Waals surface area contributed by atoms with Crippen LogP contribution in [-0.4, -0.2) is 30.3 Å². The molecule has 0 radical (unpaired) electrons. The molecule has 26 heavy (non-hydrogen) atoms. The molecule has 142 valence electrons. The summed E-state index contributed by atoms with van der Waals surface area (Å²) in [5.41, 5.74) is 7.62. The molecule has 0 aliphatic heterocycles. The van der Waals surface area contributed by atoms with Crippen molar-refractivity contribution < 1.29 is 14.1 Å². The largest absolute Gasteiger partial charge is 0.380 e. The Morgan fingerprint density at radius 2 is 2.12 bits per heavy atom. The zero-order valence-electron chi connectivity index (χ0n) is 14.5. The summed E-state index contributed by atoms with van der Waals surface area (Å²) in [6.07, 6.45) is 2.15. The first-order chi connectivity index (χ1) is 12.1. The number of rotatable bonds is 5. The Morgan fingerprint density at radius 3 is 2.81 bits per heavy atom. The lowest BCUT2D eigenvalue weighted by Gasteiger charge is -2.32. The van der Waals surface area contributed by atoms with Crippen molar-refractivity contribution in [1.29, 1.82) is 0 Å². The van der Waals surface area contributed by atoms with Gasteiger partial charge in [-0.3, -0.25) is 4.79 Å². The quantitative estimate of drug-likeness (QED) is 0.805. The molecule has 1 aromatic heterocycles. The number of aromatic nitrogens is 1. The predicted molar refractivity (Wildman–Crippen MR) is 102 cm³/mol. The van der Waals surface area contributed by atoms with Crippen LogP contribution in [0.15, 0.2) is 34.9 Å². The molecule has 2 aromatic rings. The number of nitrogens with zero attached hydrogens (tertiary/aromatic N) is 1. The maximum atomic E-state index is 12.4. The molecule has 0 unspecified atom stereocenters. The van der Waals surface area contributed by atoms with Gasteiger partial charge < -0.3 is 20.3 Å². The van der Waals surface area contributed by atoms with E-state index >= 15 is 0 Å². The molecular formula is C18H23Cl2N3O3. The average Bonchev–Trinajstić information content (AvgIpc) is 3.09. The fourth-order valence-electron chi connectivity index (χ4n) is 3.13. The van der Waals surface area contributed by atoms with Gasteiger partial charge in [-0.25, -0.2) is 0 Å². The molecule has 0 spiro atoms. The molecule has 1 aliphatic rings. The highest BCUT2D eigenvalue weighted by molar-refractivity contribution is 6.30. The Kier molecular flexibility index (Phi) is 7.46. The number of hydrogen-bond donors (Lipinski definition) is 2. The number of carbonyl (C=O) groups is 1. The van der Waals surface area contributed by atoms with Crippen LogP contribution >= 0.6 is 24.0 Å². The molecule has 3 atom stereocenters. The minimum Gasteiger partial charge on any atom is -0.380 e. The molecule has 1 amide bonds. The van der Waals surface area contributed by atoms with Gasteiger partial charge in [0.1, 0.15) is 5.69 Å². The molecule has 1 fully saturated rings. The molecular weight excluding hydrogens is 377 g/mol. The van der Waals surface area contributed by atoms with Crippen molar-refractivity contribution in [2.24, 2.45) is 11.7 Å². The van der Waals surface area contributed by atoms with Gasteiger partial charge in [0.15, 0.2) is 5.76 Å². The van der Waals surface area contributed by atoms with E-state index < -0.39 is 0 Å². The van der Waals surface area contributed by atoms with Crippen LogP contribution in [0.5, 0.6) is 0 Å². The van der Waals surface area contributed by atoms with E-state index in [2.05, 4.69) is 10.5 Å². The van der Waals surface area contributed by atoms with E-state index in [1.807, 2.05) is 18.2 Å². The Balaban J connectivity index is 0.00000243. The van der Waals surface area contributed by atoms with Gasteiger partial charge in [0.25, 0.3) is 0 Å². The van der Waals surface area contributed by atoms with Crippen LogP contribution in [0.1, 0.15) is 25.0 Å². The topological polar surface area (TPSA) is 90.4 Å². The predicted octanol–water partition coefficient (Wildman–Crippen LogP) is 3.18. The zero-order chi connectivity index (χ0) is 17.8. The third-order valence-electron chi connectivity index (χ3n) is 4.65. The summed E-state index contributed by atoms with van der Waals surface area (Å²) >= 11 is 5.88. The summed E-state index contributed by atoms with van der Waals surface area (Å²) in [4.78, 5) is 12.4. The van der Waals surface area contributed by atoms with Crippen LogP contribution in [-0.2, 0) is 16.1 Å². The number of nitrogens with two attached hydrogens (primary N) is 1. The highest BCUT2D eigenvalue weighted by Crippen LogP contribution is 2.26. The number of ether oxygens (including phenoxy) is 1. The highest BCUT2D eigenvalue weighted by Gasteiger charge is 2.32. The van der Waals surface area contributed by atoms with Crippen LogP contribution < -0.4 is 11.1 Å². The second-order valence-corrected chi connectivity index (χ2v) is 6.79. The fourth-order valence-corrected chi connectivity index (χ4v) is 3.26. The van der Waals surface area contributed by atoms with Crippen molar-refractivity contribution in [2.45, 2.75) is 38.0 Å². The van der Waals surface area contributed by atoms with E-state index in [-0.39, 0.29) is 36.4 Å². The summed E-state index contributed by atoms with van der Waals surface area (Å²) in [5, 5.41) is 7.62. The highest BCUT2D eigenvalue weighted by atomic mass is 35.5. The van der Waals surface area contributed by atoms with Crippen LogP contribution in [0.25, 0.3) is 11.3 Å². The SMILES string of the molecule is CO[C@H]1C[C@@H](C(=O)NCc2cc(-c3ccc(Cl)cc3)no2)CC[C@@H]1N.Cl. The molecule has 3 N–H and O–H groups in total. The number of carbonyl (C=O) groups excluding carboxylic acids is 1. The first kappa shape index (κ1) is 20.7. The van der Waals surface area contributed by atoms with Gasteiger partial charge in [0.05, 0.1) is 12.6 Å². The molecule has 1 aromatic carbocycles. The van der Waals surface area contributed by atoms with Crippen molar-refractivity contribution in [3.05, 3.63) is 41.1 Å². The summed E-state index contributed by atoms with van der Waals surface area (Å²) in [6, 6.07) is 9.17. The van der Waals surface area contributed by atoms with Crippen molar-refractivity contribution in [1.82, 2.24) is 10.5 Å². The van der Waals surface area contributed by atoms with Gasteiger partial charge in [0.2, 0.25) is 5.91 Å². The Labute approximate surface area is 163 Å². The van der Waals surface area contributed by atoms with Gasteiger partial charge in [-0.1, -0.05) is 28.9 Å². The van der Waals surface area contributed by atoms with Gasteiger partial charge in [-0.05, 0) is 31.4 Å². The van der Waals surface area contributed by atoms with Gasteiger partial charge >= 0.3 is 0 Å². The van der Waals surface area contributed by atoms with Crippen LogP contribution in [0.4, 0.5) is 0 Å². The minimum atomic E-state index is -0.0802. The maximum Gasteiger partial charge on any atom is 0.223 e. The summed E-state index contributed by atoms with van der Waals surface area (Å²) < 4.78 is 10.7. The molecule has 1 saturated carbocycles. The lowest BCUT2D eigenvalue weighted by atomic mass is 9.83. The zero-order valence-corrected chi connectivity index (χ0v) is 16.1. The second kappa shape index (κ2) is 9.37. The van der Waals surface area contributed by atoms with E-state index in [0.29, 0.717) is 29.4 Å². The lowest BCUT2D eigenvalue weighted by Crippen LogP contribution is -2.45. The average molecular weight is 400 g/mol. The molecule has 0 saturated heterocycles. The molecule has 8 heteroatoms. The number of amides is 1. The van der Waals surface area contributed by atoms with E-state index in [0.717, 1.165) is 18.4 Å². The monoisotopic (exact) mass is 399 g/mol. The van der Waals surface area contributed by atoms with Gasteiger partial charge in [0, 0.05) is 35.7 Å². The smallest absolute Gasteiger partial charge is 0.223 e. The molecule has 1 heterocycles. The number of methoxy groups -OCH3 is 1. The molecule has 6 nitrogen and oxygen atoms in total.